The molecular weight excluding hydrogens is 538 g/mol. The Morgan fingerprint density at radius 3 is 1.98 bits per heavy atom. The van der Waals surface area contributed by atoms with E-state index in [0.717, 1.165) is 65.0 Å². The molecule has 0 aliphatic carbocycles. The summed E-state index contributed by atoms with van der Waals surface area (Å²) in [5.74, 6) is 3.40. The molecule has 0 saturated heterocycles. The van der Waals surface area contributed by atoms with Gasteiger partial charge in [-0.2, -0.15) is 0 Å². The van der Waals surface area contributed by atoms with Gasteiger partial charge in [-0.1, -0.05) is 72.6 Å². The van der Waals surface area contributed by atoms with Crippen LogP contribution in [-0.2, 0) is 16.0 Å². The highest BCUT2D eigenvalue weighted by atomic mass is 16.6. The van der Waals surface area contributed by atoms with Gasteiger partial charge in [0.15, 0.2) is 0 Å². The quantitative estimate of drug-likeness (QED) is 0.160. The first-order valence-electron chi connectivity index (χ1n) is 16.9. The summed E-state index contributed by atoms with van der Waals surface area (Å²) in [6.07, 6.45) is 12.8. The number of carbonyl (C=O) groups excluding carboxylic acids is 2. The zero-order chi connectivity index (χ0) is 32.5. The summed E-state index contributed by atoms with van der Waals surface area (Å²) < 4.78 is 17.9. The number of esters is 1. The van der Waals surface area contributed by atoms with Gasteiger partial charge >= 0.3 is 12.1 Å². The average molecular weight is 602 g/mol. The predicted octanol–water partition coefficient (Wildman–Crippen LogP) is 9.95. The van der Waals surface area contributed by atoms with Crippen LogP contribution in [0.2, 0.25) is 0 Å². The minimum atomic E-state index is -0.843. The standard InChI is InChI=1S/C37H63NO5/c1-24(2)16-13-17-25(3)18-14-19-26(4)20-15-22-37(12)23-21-31-29(7)32(27(5)28(6)33(31)42-37)41-34(39)30(8)38-35(40)43-36(9,10)11/h24-26,30H,13-23H2,1-12H3,(H,38,40)/t25-,26-,30+,37-/m0/s1. The van der Waals surface area contributed by atoms with Crippen LogP contribution in [0.5, 0.6) is 11.5 Å². The fourth-order valence-electron chi connectivity index (χ4n) is 6.15. The topological polar surface area (TPSA) is 73.9 Å². The minimum absolute atomic E-state index is 0.189. The predicted molar refractivity (Wildman–Crippen MR) is 177 cm³/mol. The first-order chi connectivity index (χ1) is 19.9. The van der Waals surface area contributed by atoms with E-state index in [-0.39, 0.29) is 5.60 Å². The first-order valence-corrected chi connectivity index (χ1v) is 16.9. The molecule has 1 N–H and O–H groups in total. The van der Waals surface area contributed by atoms with Gasteiger partial charge in [0.1, 0.15) is 28.7 Å². The number of benzene rings is 1. The van der Waals surface area contributed by atoms with Crippen molar-refractivity contribution in [2.45, 2.75) is 171 Å². The van der Waals surface area contributed by atoms with Crippen molar-refractivity contribution >= 4 is 12.1 Å². The third-order valence-electron chi connectivity index (χ3n) is 9.13. The maximum atomic E-state index is 12.9. The Kier molecular flexibility index (Phi) is 13.9. The van der Waals surface area contributed by atoms with Gasteiger partial charge in [0.25, 0.3) is 0 Å². The molecule has 4 atom stereocenters. The summed E-state index contributed by atoms with van der Waals surface area (Å²) in [5.41, 5.74) is 3.13. The zero-order valence-corrected chi connectivity index (χ0v) is 29.6. The Bertz CT molecular complexity index is 1070. The highest BCUT2D eigenvalue weighted by Gasteiger charge is 2.35. The van der Waals surface area contributed by atoms with Gasteiger partial charge in [-0.25, -0.2) is 9.59 Å². The molecule has 43 heavy (non-hydrogen) atoms. The Balaban J connectivity index is 1.92. The lowest BCUT2D eigenvalue weighted by atomic mass is 9.83. The molecule has 0 bridgehead atoms. The Hall–Kier alpha value is -2.24. The van der Waals surface area contributed by atoms with E-state index in [4.69, 9.17) is 14.2 Å². The Labute approximate surface area is 263 Å². The van der Waals surface area contributed by atoms with Crippen LogP contribution in [0.4, 0.5) is 4.79 Å². The summed E-state index contributed by atoms with van der Waals surface area (Å²) in [7, 11) is 0. The molecule has 1 aromatic rings. The summed E-state index contributed by atoms with van der Waals surface area (Å²) in [5, 5.41) is 2.58. The van der Waals surface area contributed by atoms with Crippen LogP contribution in [0.3, 0.4) is 0 Å². The second kappa shape index (κ2) is 16.2. The SMILES string of the molecule is Cc1c(C)c2c(c(C)c1OC(=O)[C@@H](C)NC(=O)OC(C)(C)C)CC[C@](C)(CCC[C@@H](C)CCC[C@@H](C)CCCC(C)C)O2. The number of hydrogen-bond donors (Lipinski definition) is 1. The van der Waals surface area contributed by atoms with Crippen molar-refractivity contribution in [1.29, 1.82) is 0 Å². The summed E-state index contributed by atoms with van der Waals surface area (Å²) in [6.45, 7) is 24.7. The highest BCUT2D eigenvalue weighted by Crippen LogP contribution is 2.45. The molecule has 1 heterocycles. The summed E-state index contributed by atoms with van der Waals surface area (Å²) >= 11 is 0. The molecule has 1 aliphatic rings. The molecule has 246 valence electrons. The van der Waals surface area contributed by atoms with Crippen molar-refractivity contribution in [2.24, 2.45) is 17.8 Å². The van der Waals surface area contributed by atoms with Gasteiger partial charge in [-0.05, 0) is 116 Å². The van der Waals surface area contributed by atoms with Gasteiger partial charge < -0.3 is 19.5 Å². The van der Waals surface area contributed by atoms with E-state index in [1.165, 1.54) is 51.4 Å². The summed E-state index contributed by atoms with van der Waals surface area (Å²) in [4.78, 5) is 25.1. The number of ether oxygens (including phenoxy) is 3. The Morgan fingerprint density at radius 2 is 1.42 bits per heavy atom. The van der Waals surface area contributed by atoms with Crippen molar-refractivity contribution in [2.75, 3.05) is 0 Å². The van der Waals surface area contributed by atoms with Crippen molar-refractivity contribution in [3.63, 3.8) is 0 Å². The second-order valence-corrected chi connectivity index (χ2v) is 15.2. The molecule has 1 aromatic carbocycles. The molecule has 0 spiro atoms. The fourth-order valence-corrected chi connectivity index (χ4v) is 6.15. The number of fused-ring (bicyclic) bond motifs is 1. The Morgan fingerprint density at radius 1 is 0.860 bits per heavy atom. The zero-order valence-electron chi connectivity index (χ0n) is 29.6. The lowest BCUT2D eigenvalue weighted by Crippen LogP contribution is -2.43. The van der Waals surface area contributed by atoms with Crippen LogP contribution >= 0.6 is 0 Å². The van der Waals surface area contributed by atoms with Crippen LogP contribution < -0.4 is 14.8 Å². The van der Waals surface area contributed by atoms with E-state index in [0.29, 0.717) is 5.75 Å². The molecule has 0 radical (unpaired) electrons. The largest absolute Gasteiger partial charge is 0.487 e. The molecule has 6 heteroatoms. The van der Waals surface area contributed by atoms with Gasteiger partial charge in [0.05, 0.1) is 0 Å². The molecule has 0 aromatic heterocycles. The molecule has 2 rings (SSSR count). The van der Waals surface area contributed by atoms with Crippen molar-refractivity contribution in [3.8, 4) is 11.5 Å². The molecule has 6 nitrogen and oxygen atoms in total. The van der Waals surface area contributed by atoms with E-state index in [9.17, 15) is 9.59 Å². The lowest BCUT2D eigenvalue weighted by molar-refractivity contribution is -0.136. The van der Waals surface area contributed by atoms with Gasteiger partial charge in [-0.15, -0.1) is 0 Å². The van der Waals surface area contributed by atoms with Crippen LogP contribution in [0.25, 0.3) is 0 Å². The van der Waals surface area contributed by atoms with Crippen molar-refractivity contribution in [3.05, 3.63) is 22.3 Å². The monoisotopic (exact) mass is 601 g/mol. The van der Waals surface area contributed by atoms with Gasteiger partial charge in [0, 0.05) is 5.56 Å². The van der Waals surface area contributed by atoms with E-state index < -0.39 is 23.7 Å². The van der Waals surface area contributed by atoms with Gasteiger partial charge in [-0.3, -0.25) is 0 Å². The first kappa shape index (κ1) is 36.9. The number of hydrogen-bond acceptors (Lipinski definition) is 5. The maximum absolute atomic E-state index is 12.9. The molecule has 0 unspecified atom stereocenters. The van der Waals surface area contributed by atoms with Gasteiger partial charge in [0.2, 0.25) is 0 Å². The number of nitrogens with one attached hydrogen (secondary N) is 1. The van der Waals surface area contributed by atoms with Crippen LogP contribution in [0.1, 0.15) is 149 Å². The third kappa shape index (κ3) is 12.0. The highest BCUT2D eigenvalue weighted by molar-refractivity contribution is 5.83. The number of rotatable bonds is 15. The lowest BCUT2D eigenvalue weighted by Gasteiger charge is -2.38. The van der Waals surface area contributed by atoms with E-state index in [1.54, 1.807) is 27.7 Å². The number of alkyl carbamates (subject to hydrolysis) is 1. The molecule has 0 fully saturated rings. The fraction of sp³-hybridized carbons (Fsp3) is 0.784. The van der Waals surface area contributed by atoms with Crippen LogP contribution in [-0.4, -0.2) is 29.3 Å². The number of amides is 1. The molecule has 1 aliphatic heterocycles. The maximum Gasteiger partial charge on any atom is 0.408 e. The van der Waals surface area contributed by atoms with E-state index in [1.807, 2.05) is 20.8 Å². The molecular formula is C37H63NO5. The van der Waals surface area contributed by atoms with Crippen LogP contribution in [0.15, 0.2) is 0 Å². The molecule has 0 saturated carbocycles. The smallest absolute Gasteiger partial charge is 0.408 e. The van der Waals surface area contributed by atoms with E-state index in [2.05, 4.69) is 39.9 Å². The van der Waals surface area contributed by atoms with Crippen molar-refractivity contribution < 1.29 is 23.8 Å². The normalized spacial score (nSPS) is 18.8. The summed E-state index contributed by atoms with van der Waals surface area (Å²) in [6, 6.07) is -0.843. The minimum Gasteiger partial charge on any atom is -0.487 e. The number of carbonyl (C=O) groups is 2. The second-order valence-electron chi connectivity index (χ2n) is 15.2. The van der Waals surface area contributed by atoms with Crippen LogP contribution in [0, 0.1) is 38.5 Å². The average Bonchev–Trinajstić information content (AvgIpc) is 2.88. The van der Waals surface area contributed by atoms with E-state index >= 15 is 0 Å². The third-order valence-corrected chi connectivity index (χ3v) is 9.13. The molecule has 1 amide bonds. The van der Waals surface area contributed by atoms with Crippen molar-refractivity contribution in [1.82, 2.24) is 5.32 Å².